The van der Waals surface area contributed by atoms with E-state index in [4.69, 9.17) is 21.1 Å². The number of esters is 1. The van der Waals surface area contributed by atoms with Crippen LogP contribution in [0.5, 0.6) is 5.75 Å². The van der Waals surface area contributed by atoms with Gasteiger partial charge in [0.15, 0.2) is 13.2 Å². The largest absolute Gasteiger partial charge is 0.481 e. The van der Waals surface area contributed by atoms with E-state index in [0.717, 1.165) is 15.7 Å². The van der Waals surface area contributed by atoms with Crippen molar-refractivity contribution >= 4 is 51.7 Å². The average Bonchev–Trinajstić information content (AvgIpc) is 2.72. The molecule has 0 aliphatic rings. The van der Waals surface area contributed by atoms with Crippen LogP contribution in [0.25, 0.3) is 10.8 Å². The van der Waals surface area contributed by atoms with E-state index in [-0.39, 0.29) is 13.2 Å². The number of carbonyl (C=O) groups is 2. The van der Waals surface area contributed by atoms with Crippen LogP contribution in [0.4, 0.5) is 5.69 Å². The Morgan fingerprint density at radius 2 is 1.68 bits per heavy atom. The summed E-state index contributed by atoms with van der Waals surface area (Å²) in [6, 6.07) is 18.3. The van der Waals surface area contributed by atoms with Crippen molar-refractivity contribution in [3.05, 3.63) is 65.7 Å². The van der Waals surface area contributed by atoms with E-state index in [9.17, 15) is 9.59 Å². The molecule has 1 N–H and O–H groups in total. The number of anilines is 1. The average molecular weight is 416 g/mol. The Balaban J connectivity index is 1.53. The van der Waals surface area contributed by atoms with Gasteiger partial charge in [-0.05, 0) is 30.5 Å². The molecule has 0 radical (unpaired) electrons. The number of halogens is 1. The van der Waals surface area contributed by atoms with Crippen molar-refractivity contribution in [3.8, 4) is 5.75 Å². The van der Waals surface area contributed by atoms with E-state index in [1.807, 2.05) is 48.7 Å². The first kappa shape index (κ1) is 20.0. The van der Waals surface area contributed by atoms with Crippen molar-refractivity contribution in [2.24, 2.45) is 0 Å². The summed E-state index contributed by atoms with van der Waals surface area (Å²) >= 11 is 7.69. The Hall–Kier alpha value is -2.70. The smallest absolute Gasteiger partial charge is 0.344 e. The maximum atomic E-state index is 12.0. The quantitative estimate of drug-likeness (QED) is 0.444. The highest BCUT2D eigenvalue weighted by Gasteiger charge is 2.12. The van der Waals surface area contributed by atoms with Gasteiger partial charge in [-0.15, -0.1) is 11.8 Å². The summed E-state index contributed by atoms with van der Waals surface area (Å²) in [5.41, 5.74) is 0.680. The summed E-state index contributed by atoms with van der Waals surface area (Å²) in [5.74, 6) is -0.519. The van der Waals surface area contributed by atoms with Crippen LogP contribution >= 0.6 is 23.4 Å². The molecule has 0 aliphatic carbocycles. The van der Waals surface area contributed by atoms with Gasteiger partial charge in [0.1, 0.15) is 5.75 Å². The monoisotopic (exact) mass is 415 g/mol. The van der Waals surface area contributed by atoms with E-state index in [0.29, 0.717) is 16.5 Å². The van der Waals surface area contributed by atoms with E-state index in [1.54, 1.807) is 18.2 Å². The van der Waals surface area contributed by atoms with Crippen LogP contribution in [0.3, 0.4) is 0 Å². The molecule has 0 saturated heterocycles. The predicted molar refractivity (Wildman–Crippen MR) is 112 cm³/mol. The molecule has 0 spiro atoms. The van der Waals surface area contributed by atoms with Crippen LogP contribution in [-0.4, -0.2) is 31.3 Å². The summed E-state index contributed by atoms with van der Waals surface area (Å²) in [5, 5.41) is 4.97. The molecule has 3 aromatic rings. The number of para-hydroxylation sites is 1. The number of ether oxygens (including phenoxy) is 2. The zero-order valence-corrected chi connectivity index (χ0v) is 16.7. The molecule has 0 aromatic heterocycles. The highest BCUT2D eigenvalue weighted by molar-refractivity contribution is 7.98. The van der Waals surface area contributed by atoms with Gasteiger partial charge in [-0.25, -0.2) is 4.79 Å². The molecule has 0 fully saturated rings. The third-order valence-corrected chi connectivity index (χ3v) is 5.05. The maximum Gasteiger partial charge on any atom is 0.344 e. The Morgan fingerprint density at radius 3 is 2.46 bits per heavy atom. The first-order chi connectivity index (χ1) is 13.6. The van der Waals surface area contributed by atoms with Crippen LogP contribution < -0.4 is 10.1 Å². The van der Waals surface area contributed by atoms with E-state index >= 15 is 0 Å². The molecule has 7 heteroatoms. The summed E-state index contributed by atoms with van der Waals surface area (Å²) in [4.78, 5) is 24.9. The van der Waals surface area contributed by atoms with Crippen molar-refractivity contribution in [3.63, 3.8) is 0 Å². The highest BCUT2D eigenvalue weighted by Crippen LogP contribution is 2.31. The number of rotatable bonds is 7. The zero-order chi connectivity index (χ0) is 19.9. The minimum absolute atomic E-state index is 0.305. The second-order valence-corrected chi connectivity index (χ2v) is 7.04. The van der Waals surface area contributed by atoms with Gasteiger partial charge in [0.25, 0.3) is 5.91 Å². The minimum Gasteiger partial charge on any atom is -0.481 e. The third-order valence-electron chi connectivity index (χ3n) is 3.92. The van der Waals surface area contributed by atoms with Crippen LogP contribution in [0.15, 0.2) is 65.6 Å². The number of fused-ring (bicyclic) bond motifs is 1. The second-order valence-electron chi connectivity index (χ2n) is 5.79. The maximum absolute atomic E-state index is 12.0. The van der Waals surface area contributed by atoms with Gasteiger partial charge < -0.3 is 14.8 Å². The topological polar surface area (TPSA) is 64.6 Å². The summed E-state index contributed by atoms with van der Waals surface area (Å²) in [6.07, 6.45) is 1.92. The molecule has 0 atom stereocenters. The molecule has 0 bridgehead atoms. The van der Waals surface area contributed by atoms with Gasteiger partial charge in [0.05, 0.1) is 5.69 Å². The first-order valence-corrected chi connectivity index (χ1v) is 10.1. The zero-order valence-electron chi connectivity index (χ0n) is 15.1. The molecule has 0 unspecified atom stereocenters. The normalized spacial score (nSPS) is 10.5. The standard InChI is InChI=1S/C21H18ClNO4S/c1-28-19-9-5-4-8-17(19)23-20(24)12-27-21(25)13-26-18-11-10-16(22)14-6-2-3-7-15(14)18/h2-11H,12-13H2,1H3,(H,23,24). The number of carbonyl (C=O) groups excluding carboxylic acids is 2. The van der Waals surface area contributed by atoms with Crippen LogP contribution in [-0.2, 0) is 14.3 Å². The first-order valence-electron chi connectivity index (χ1n) is 8.47. The molecule has 144 valence electrons. The number of hydrogen-bond donors (Lipinski definition) is 1. The van der Waals surface area contributed by atoms with Crippen molar-refractivity contribution in [1.82, 2.24) is 0 Å². The molecular formula is C21H18ClNO4S. The summed E-state index contributed by atoms with van der Waals surface area (Å²) in [7, 11) is 0. The molecular weight excluding hydrogens is 398 g/mol. The molecule has 1 amide bonds. The lowest BCUT2D eigenvalue weighted by Gasteiger charge is -2.11. The van der Waals surface area contributed by atoms with Crippen molar-refractivity contribution in [2.45, 2.75) is 4.90 Å². The number of nitrogens with one attached hydrogen (secondary N) is 1. The Bertz CT molecular complexity index is 1010. The molecule has 3 aromatic carbocycles. The van der Waals surface area contributed by atoms with E-state index < -0.39 is 11.9 Å². The fraction of sp³-hybridized carbons (Fsp3) is 0.143. The second kappa shape index (κ2) is 9.48. The predicted octanol–water partition coefficient (Wildman–Crippen LogP) is 4.78. The van der Waals surface area contributed by atoms with Gasteiger partial charge in [-0.3, -0.25) is 4.79 Å². The Kier molecular flexibility index (Phi) is 6.79. The van der Waals surface area contributed by atoms with E-state index in [1.165, 1.54) is 11.8 Å². The number of amides is 1. The number of hydrogen-bond acceptors (Lipinski definition) is 5. The highest BCUT2D eigenvalue weighted by atomic mass is 35.5. The molecule has 0 saturated carbocycles. The Labute approximate surface area is 172 Å². The van der Waals surface area contributed by atoms with Gasteiger partial charge in [0, 0.05) is 20.7 Å². The molecule has 28 heavy (non-hydrogen) atoms. The van der Waals surface area contributed by atoms with E-state index in [2.05, 4.69) is 5.32 Å². The Morgan fingerprint density at radius 1 is 0.964 bits per heavy atom. The lowest BCUT2D eigenvalue weighted by Crippen LogP contribution is -2.23. The molecule has 0 heterocycles. The SMILES string of the molecule is CSc1ccccc1NC(=O)COC(=O)COc1ccc(Cl)c2ccccc12. The van der Waals surface area contributed by atoms with Gasteiger partial charge >= 0.3 is 5.97 Å². The lowest BCUT2D eigenvalue weighted by atomic mass is 10.1. The number of benzene rings is 3. The van der Waals surface area contributed by atoms with Crippen LogP contribution in [0.2, 0.25) is 5.02 Å². The van der Waals surface area contributed by atoms with Crippen molar-refractivity contribution in [2.75, 3.05) is 24.8 Å². The molecule has 0 aliphatic heterocycles. The van der Waals surface area contributed by atoms with Gasteiger partial charge in [0.2, 0.25) is 0 Å². The van der Waals surface area contributed by atoms with Gasteiger partial charge in [-0.1, -0.05) is 48.0 Å². The summed E-state index contributed by atoms with van der Waals surface area (Å²) < 4.78 is 10.6. The van der Waals surface area contributed by atoms with Crippen molar-refractivity contribution < 1.29 is 19.1 Å². The fourth-order valence-corrected chi connectivity index (χ4v) is 3.40. The molecule has 3 rings (SSSR count). The van der Waals surface area contributed by atoms with Gasteiger partial charge in [-0.2, -0.15) is 0 Å². The fourth-order valence-electron chi connectivity index (χ4n) is 2.62. The van der Waals surface area contributed by atoms with Crippen molar-refractivity contribution in [1.29, 1.82) is 0 Å². The van der Waals surface area contributed by atoms with Crippen LogP contribution in [0.1, 0.15) is 0 Å². The number of thioether (sulfide) groups is 1. The summed E-state index contributed by atoms with van der Waals surface area (Å²) in [6.45, 7) is -0.688. The minimum atomic E-state index is -0.632. The van der Waals surface area contributed by atoms with Crippen LogP contribution in [0, 0.1) is 0 Å². The lowest BCUT2D eigenvalue weighted by molar-refractivity contribution is -0.149. The molecule has 5 nitrogen and oxygen atoms in total. The third kappa shape index (κ3) is 4.97.